The molecule has 6 heteroatoms. The fourth-order valence-corrected chi connectivity index (χ4v) is 4.93. The van der Waals surface area contributed by atoms with Crippen LogP contribution in [0.5, 0.6) is 11.5 Å². The molecule has 0 spiro atoms. The van der Waals surface area contributed by atoms with Gasteiger partial charge in [-0.15, -0.1) is 0 Å². The Morgan fingerprint density at radius 3 is 2.24 bits per heavy atom. The number of hydrogen-bond donors (Lipinski definition) is 2. The minimum atomic E-state index is -0.448. The maximum atomic E-state index is 14.1. The molecule has 0 aliphatic carbocycles. The van der Waals surface area contributed by atoms with E-state index in [9.17, 15) is 9.90 Å². The molecule has 3 N–H and O–H groups in total. The van der Waals surface area contributed by atoms with Crippen molar-refractivity contribution >= 4 is 11.6 Å². The summed E-state index contributed by atoms with van der Waals surface area (Å²) in [6, 6.07) is 23.0. The van der Waals surface area contributed by atoms with Crippen molar-refractivity contribution in [3.05, 3.63) is 89.5 Å². The van der Waals surface area contributed by atoms with Gasteiger partial charge < -0.3 is 20.5 Å². The SMILES string of the molecule is CN(C(=O)C1c2ccccc2Oc2ccccc21)[C@H](CN1CC[C@H](O)C1)c1ccc(N)cc1. The molecule has 2 aliphatic heterocycles. The minimum absolute atomic E-state index is 0.0137. The summed E-state index contributed by atoms with van der Waals surface area (Å²) in [7, 11) is 1.87. The molecule has 3 aromatic carbocycles. The van der Waals surface area contributed by atoms with E-state index in [1.165, 1.54) is 0 Å². The molecule has 2 atom stereocenters. The van der Waals surface area contributed by atoms with Crippen LogP contribution in [0.25, 0.3) is 0 Å². The number of aliphatic hydroxyl groups is 1. The first-order valence-electron chi connectivity index (χ1n) is 11.4. The summed E-state index contributed by atoms with van der Waals surface area (Å²) in [5.74, 6) is 1.00. The Hall–Kier alpha value is -3.35. The predicted octanol–water partition coefficient (Wildman–Crippen LogP) is 3.77. The van der Waals surface area contributed by atoms with E-state index in [0.717, 1.165) is 41.2 Å². The Morgan fingerprint density at radius 2 is 1.67 bits per heavy atom. The number of ether oxygens (including phenoxy) is 1. The van der Waals surface area contributed by atoms with Crippen LogP contribution in [-0.2, 0) is 4.79 Å². The zero-order valence-corrected chi connectivity index (χ0v) is 18.7. The van der Waals surface area contributed by atoms with Gasteiger partial charge in [0.25, 0.3) is 0 Å². The summed E-state index contributed by atoms with van der Waals surface area (Å²) in [5, 5.41) is 10.0. The summed E-state index contributed by atoms with van der Waals surface area (Å²) < 4.78 is 6.09. The number of aliphatic hydroxyl groups excluding tert-OH is 1. The molecule has 5 rings (SSSR count). The summed E-state index contributed by atoms with van der Waals surface area (Å²) in [6.45, 7) is 2.09. The number of hydrogen-bond acceptors (Lipinski definition) is 5. The number of para-hydroxylation sites is 2. The third kappa shape index (κ3) is 4.19. The van der Waals surface area contributed by atoms with E-state index in [0.29, 0.717) is 18.8 Å². The number of carbonyl (C=O) groups is 1. The highest BCUT2D eigenvalue weighted by Crippen LogP contribution is 2.45. The average molecular weight is 444 g/mol. The number of likely N-dealkylation sites (tertiary alicyclic amines) is 1. The van der Waals surface area contributed by atoms with Gasteiger partial charge in [-0.3, -0.25) is 9.69 Å². The number of rotatable bonds is 5. The highest BCUT2D eigenvalue weighted by molar-refractivity contribution is 5.90. The Kier molecular flexibility index (Phi) is 5.79. The lowest BCUT2D eigenvalue weighted by Gasteiger charge is -2.36. The van der Waals surface area contributed by atoms with Crippen LogP contribution in [0.4, 0.5) is 5.69 Å². The van der Waals surface area contributed by atoms with Crippen molar-refractivity contribution in [3.8, 4) is 11.5 Å². The molecule has 170 valence electrons. The Balaban J connectivity index is 1.51. The quantitative estimate of drug-likeness (QED) is 0.587. The van der Waals surface area contributed by atoms with Crippen LogP contribution in [0.3, 0.4) is 0 Å². The van der Waals surface area contributed by atoms with Crippen molar-refractivity contribution in [2.75, 3.05) is 32.4 Å². The largest absolute Gasteiger partial charge is 0.457 e. The summed E-state index contributed by atoms with van der Waals surface area (Å²) in [5.41, 5.74) is 9.39. The number of likely N-dealkylation sites (N-methyl/N-ethyl adjacent to an activating group) is 1. The van der Waals surface area contributed by atoms with Gasteiger partial charge in [0.15, 0.2) is 0 Å². The van der Waals surface area contributed by atoms with Crippen LogP contribution in [0.1, 0.15) is 35.1 Å². The van der Waals surface area contributed by atoms with Crippen molar-refractivity contribution in [2.45, 2.75) is 24.5 Å². The molecule has 1 amide bonds. The van der Waals surface area contributed by atoms with Gasteiger partial charge in [0, 0.05) is 43.5 Å². The summed E-state index contributed by atoms with van der Waals surface area (Å²) in [4.78, 5) is 18.2. The molecule has 0 unspecified atom stereocenters. The molecule has 0 bridgehead atoms. The topological polar surface area (TPSA) is 79.0 Å². The van der Waals surface area contributed by atoms with Crippen molar-refractivity contribution < 1.29 is 14.6 Å². The molecule has 33 heavy (non-hydrogen) atoms. The second-order valence-corrected chi connectivity index (χ2v) is 8.94. The van der Waals surface area contributed by atoms with Crippen LogP contribution < -0.4 is 10.5 Å². The molecule has 0 saturated carbocycles. The number of nitrogens with two attached hydrogens (primary N) is 1. The monoisotopic (exact) mass is 443 g/mol. The maximum Gasteiger partial charge on any atom is 0.235 e. The van der Waals surface area contributed by atoms with Gasteiger partial charge in [-0.1, -0.05) is 48.5 Å². The van der Waals surface area contributed by atoms with E-state index in [1.54, 1.807) is 0 Å². The summed E-state index contributed by atoms with van der Waals surface area (Å²) >= 11 is 0. The van der Waals surface area contributed by atoms with E-state index in [1.807, 2.05) is 84.7 Å². The molecule has 6 nitrogen and oxygen atoms in total. The van der Waals surface area contributed by atoms with Crippen molar-refractivity contribution in [1.82, 2.24) is 9.80 Å². The molecule has 0 aromatic heterocycles. The maximum absolute atomic E-state index is 14.1. The smallest absolute Gasteiger partial charge is 0.235 e. The molecule has 2 aliphatic rings. The van der Waals surface area contributed by atoms with Gasteiger partial charge in [0.05, 0.1) is 18.1 Å². The summed E-state index contributed by atoms with van der Waals surface area (Å²) in [6.07, 6.45) is 0.444. The number of nitrogens with zero attached hydrogens (tertiary/aromatic N) is 2. The van der Waals surface area contributed by atoms with Gasteiger partial charge in [-0.05, 0) is 36.2 Å². The van der Waals surface area contributed by atoms with E-state index in [2.05, 4.69) is 4.90 Å². The van der Waals surface area contributed by atoms with Crippen molar-refractivity contribution in [3.63, 3.8) is 0 Å². The van der Waals surface area contributed by atoms with E-state index in [-0.39, 0.29) is 18.1 Å². The fourth-order valence-electron chi connectivity index (χ4n) is 4.93. The van der Waals surface area contributed by atoms with Crippen molar-refractivity contribution in [1.29, 1.82) is 0 Å². The molecule has 0 radical (unpaired) electrons. The van der Waals surface area contributed by atoms with Crippen LogP contribution in [-0.4, -0.2) is 53.6 Å². The average Bonchev–Trinajstić information content (AvgIpc) is 3.25. The fraction of sp³-hybridized carbons (Fsp3) is 0.296. The lowest BCUT2D eigenvalue weighted by molar-refractivity contribution is -0.133. The van der Waals surface area contributed by atoms with Crippen LogP contribution in [0.15, 0.2) is 72.8 Å². The lowest BCUT2D eigenvalue weighted by Crippen LogP contribution is -2.41. The zero-order valence-electron chi connectivity index (χ0n) is 18.7. The third-order valence-corrected chi connectivity index (χ3v) is 6.74. The van der Waals surface area contributed by atoms with Gasteiger partial charge in [-0.2, -0.15) is 0 Å². The number of carbonyl (C=O) groups excluding carboxylic acids is 1. The molecular weight excluding hydrogens is 414 g/mol. The number of benzene rings is 3. The molecule has 1 saturated heterocycles. The predicted molar refractivity (Wildman–Crippen MR) is 128 cm³/mol. The Bertz CT molecular complexity index is 1100. The lowest BCUT2D eigenvalue weighted by atomic mass is 9.86. The van der Waals surface area contributed by atoms with Gasteiger partial charge in [0.2, 0.25) is 5.91 Å². The second kappa shape index (κ2) is 8.89. The molecular formula is C27H29N3O3. The number of fused-ring (bicyclic) bond motifs is 2. The molecule has 1 fully saturated rings. The van der Waals surface area contributed by atoms with E-state index < -0.39 is 5.92 Å². The zero-order chi connectivity index (χ0) is 22.9. The first-order valence-corrected chi connectivity index (χ1v) is 11.4. The number of β-amino-alcohol motifs (C(OH)–C–C–N with tert-alkyl or cyclic N) is 1. The molecule has 3 aromatic rings. The first kappa shape index (κ1) is 21.5. The Morgan fingerprint density at radius 1 is 1.06 bits per heavy atom. The van der Waals surface area contributed by atoms with Crippen molar-refractivity contribution in [2.24, 2.45) is 0 Å². The van der Waals surface area contributed by atoms with Crippen LogP contribution in [0, 0.1) is 0 Å². The van der Waals surface area contributed by atoms with Gasteiger partial charge >= 0.3 is 0 Å². The number of amides is 1. The van der Waals surface area contributed by atoms with E-state index in [4.69, 9.17) is 10.5 Å². The van der Waals surface area contributed by atoms with Crippen LogP contribution >= 0.6 is 0 Å². The second-order valence-electron chi connectivity index (χ2n) is 8.94. The normalized spacial score (nSPS) is 18.8. The first-order chi connectivity index (χ1) is 16.0. The van der Waals surface area contributed by atoms with Gasteiger partial charge in [-0.25, -0.2) is 0 Å². The van der Waals surface area contributed by atoms with E-state index >= 15 is 0 Å². The standard InChI is InChI=1S/C27H29N3O3/c1-29(23(17-30-15-14-20(31)16-30)18-10-12-19(28)13-11-18)27(32)26-21-6-2-4-8-24(21)33-25-9-5-3-7-22(25)26/h2-13,20,23,26,31H,14-17,28H2,1H3/t20-,23+/m0/s1. The highest BCUT2D eigenvalue weighted by atomic mass is 16.5. The van der Waals surface area contributed by atoms with Gasteiger partial charge in [0.1, 0.15) is 11.5 Å². The number of anilines is 1. The van der Waals surface area contributed by atoms with Crippen LogP contribution in [0.2, 0.25) is 0 Å². The third-order valence-electron chi connectivity index (χ3n) is 6.74. The Labute approximate surface area is 194 Å². The number of nitrogen functional groups attached to an aromatic ring is 1. The highest BCUT2D eigenvalue weighted by Gasteiger charge is 2.37. The molecule has 2 heterocycles. The minimum Gasteiger partial charge on any atom is -0.457 e.